The minimum absolute atomic E-state index is 0.385. The van der Waals surface area contributed by atoms with Gasteiger partial charge in [-0.2, -0.15) is 5.26 Å². The van der Waals surface area contributed by atoms with E-state index in [4.69, 9.17) is 11.1 Å². The molecule has 86 valence electrons. The Bertz CT molecular complexity index is 576. The number of H-pyrrole nitrogens is 1. The van der Waals surface area contributed by atoms with Crippen LogP contribution >= 0.6 is 0 Å². The quantitative estimate of drug-likeness (QED) is 0.242. The molecule has 1 heterocycles. The van der Waals surface area contributed by atoms with E-state index in [0.29, 0.717) is 18.8 Å². The van der Waals surface area contributed by atoms with E-state index in [0.717, 1.165) is 16.5 Å². The van der Waals surface area contributed by atoms with Gasteiger partial charge in [0.1, 0.15) is 5.84 Å². The second-order valence-corrected chi connectivity index (χ2v) is 3.56. The molecular weight excluding hydrogens is 214 g/mol. The fraction of sp³-hybridized carbons (Fsp3) is 0.167. The highest BCUT2D eigenvalue weighted by molar-refractivity contribution is 6.01. The number of aliphatic imine (C=N–C) groups is 1. The normalized spacial score (nSPS) is 11.4. The summed E-state index contributed by atoms with van der Waals surface area (Å²) in [6.07, 6.45) is 2.27. The van der Waals surface area contributed by atoms with Crippen molar-refractivity contribution < 1.29 is 0 Å². The highest BCUT2D eigenvalue weighted by Crippen LogP contribution is 2.14. The number of nitrogens with two attached hydrogens (primary N) is 1. The van der Waals surface area contributed by atoms with E-state index >= 15 is 0 Å². The first-order valence-electron chi connectivity index (χ1n) is 5.30. The number of benzene rings is 1. The number of nitriles is 1. The molecular formula is C12H13N5. The summed E-state index contributed by atoms with van der Waals surface area (Å²) in [7, 11) is 0. The number of hydrogen-bond acceptors (Lipinski definition) is 3. The monoisotopic (exact) mass is 227 g/mol. The number of nitrogens with one attached hydrogen (secondary N) is 2. The molecule has 5 nitrogen and oxygen atoms in total. The van der Waals surface area contributed by atoms with E-state index in [9.17, 15) is 0 Å². The number of aromatic amines is 1. The van der Waals surface area contributed by atoms with Crippen LogP contribution in [0.25, 0.3) is 10.9 Å². The summed E-state index contributed by atoms with van der Waals surface area (Å²) in [5, 5.41) is 9.60. The fourth-order valence-electron chi connectivity index (χ4n) is 1.63. The molecule has 1 aromatic heterocycles. The average molecular weight is 227 g/mol. The zero-order valence-corrected chi connectivity index (χ0v) is 9.27. The van der Waals surface area contributed by atoms with Crippen molar-refractivity contribution in [1.29, 1.82) is 5.26 Å². The number of fused-ring (bicyclic) bond motifs is 1. The summed E-state index contributed by atoms with van der Waals surface area (Å²) >= 11 is 0. The highest BCUT2D eigenvalue weighted by atomic mass is 15.2. The Labute approximate surface area is 98.9 Å². The van der Waals surface area contributed by atoms with Crippen LogP contribution in [0.3, 0.4) is 0 Å². The predicted octanol–water partition coefficient (Wildman–Crippen LogP) is 1.29. The maximum Gasteiger partial charge on any atom is 0.142 e. The van der Waals surface area contributed by atoms with Gasteiger partial charge in [0.15, 0.2) is 0 Å². The Balaban J connectivity index is 2.29. The minimum Gasteiger partial charge on any atom is -0.361 e. The number of hydrazine groups is 1. The Morgan fingerprint density at radius 2 is 2.35 bits per heavy atom. The van der Waals surface area contributed by atoms with Gasteiger partial charge in [-0.25, -0.2) is 5.84 Å². The van der Waals surface area contributed by atoms with Gasteiger partial charge < -0.3 is 10.4 Å². The molecule has 0 bridgehead atoms. The van der Waals surface area contributed by atoms with Gasteiger partial charge in [-0.3, -0.25) is 4.99 Å². The van der Waals surface area contributed by atoms with Crippen LogP contribution in [0, 0.1) is 11.3 Å². The van der Waals surface area contributed by atoms with E-state index in [1.54, 1.807) is 0 Å². The summed E-state index contributed by atoms with van der Waals surface area (Å²) in [6, 6.07) is 9.96. The third-order valence-electron chi connectivity index (χ3n) is 2.46. The van der Waals surface area contributed by atoms with Crippen molar-refractivity contribution in [2.45, 2.75) is 6.42 Å². The maximum absolute atomic E-state index is 8.46. The first kappa shape index (κ1) is 11.2. The van der Waals surface area contributed by atoms with Gasteiger partial charge in [0.25, 0.3) is 0 Å². The van der Waals surface area contributed by atoms with E-state index < -0.39 is 0 Å². The minimum atomic E-state index is 0.385. The van der Waals surface area contributed by atoms with Crippen LogP contribution in [0.5, 0.6) is 0 Å². The van der Waals surface area contributed by atoms with Gasteiger partial charge in [-0.15, -0.1) is 0 Å². The Hall–Kier alpha value is -2.32. The van der Waals surface area contributed by atoms with Crippen molar-refractivity contribution in [1.82, 2.24) is 10.4 Å². The van der Waals surface area contributed by atoms with Crippen molar-refractivity contribution in [2.75, 3.05) is 6.54 Å². The summed E-state index contributed by atoms with van der Waals surface area (Å²) in [4.78, 5) is 7.37. The first-order chi connectivity index (χ1) is 8.35. The summed E-state index contributed by atoms with van der Waals surface area (Å²) in [5.41, 5.74) is 4.50. The topological polar surface area (TPSA) is 90.0 Å². The van der Waals surface area contributed by atoms with Crippen LogP contribution < -0.4 is 11.3 Å². The van der Waals surface area contributed by atoms with Crippen LogP contribution in [0.2, 0.25) is 0 Å². The Kier molecular flexibility index (Phi) is 3.38. The lowest BCUT2D eigenvalue weighted by Gasteiger charge is -2.05. The SMILES string of the molecule is N#CCCN=C(NN)c1ccc2cc[nH]c2c1. The van der Waals surface area contributed by atoms with Crippen molar-refractivity contribution in [3.05, 3.63) is 36.0 Å². The van der Waals surface area contributed by atoms with E-state index in [1.165, 1.54) is 0 Å². The van der Waals surface area contributed by atoms with Crippen LogP contribution in [0.15, 0.2) is 35.5 Å². The van der Waals surface area contributed by atoms with Crippen molar-refractivity contribution in [3.8, 4) is 6.07 Å². The van der Waals surface area contributed by atoms with Crippen molar-refractivity contribution >= 4 is 16.7 Å². The number of rotatable bonds is 3. The Morgan fingerprint density at radius 1 is 1.47 bits per heavy atom. The second-order valence-electron chi connectivity index (χ2n) is 3.56. The third kappa shape index (κ3) is 2.44. The van der Waals surface area contributed by atoms with Gasteiger partial charge >= 0.3 is 0 Å². The molecule has 2 rings (SSSR count). The molecule has 0 atom stereocenters. The second kappa shape index (κ2) is 5.14. The number of amidine groups is 1. The molecule has 0 aliphatic carbocycles. The molecule has 5 heteroatoms. The zero-order chi connectivity index (χ0) is 12.1. The van der Waals surface area contributed by atoms with Crippen LogP contribution in [-0.4, -0.2) is 17.4 Å². The molecule has 0 spiro atoms. The number of hydrogen-bond donors (Lipinski definition) is 3. The lowest BCUT2D eigenvalue weighted by Crippen LogP contribution is -2.31. The maximum atomic E-state index is 8.46. The first-order valence-corrected chi connectivity index (χ1v) is 5.30. The number of nitrogens with zero attached hydrogens (tertiary/aromatic N) is 2. The third-order valence-corrected chi connectivity index (χ3v) is 2.46. The largest absolute Gasteiger partial charge is 0.361 e. The molecule has 0 aliphatic rings. The molecule has 1 aromatic carbocycles. The molecule has 0 amide bonds. The Morgan fingerprint density at radius 3 is 3.12 bits per heavy atom. The molecule has 0 saturated heterocycles. The van der Waals surface area contributed by atoms with E-state index in [1.807, 2.05) is 36.5 Å². The zero-order valence-electron chi connectivity index (χ0n) is 9.27. The van der Waals surface area contributed by atoms with Crippen LogP contribution in [0.1, 0.15) is 12.0 Å². The molecule has 17 heavy (non-hydrogen) atoms. The van der Waals surface area contributed by atoms with Gasteiger partial charge in [0.2, 0.25) is 0 Å². The lowest BCUT2D eigenvalue weighted by molar-refractivity contribution is 0.958. The predicted molar refractivity (Wildman–Crippen MR) is 67.3 cm³/mol. The van der Waals surface area contributed by atoms with Crippen molar-refractivity contribution in [2.24, 2.45) is 10.8 Å². The molecule has 0 unspecified atom stereocenters. The summed E-state index contributed by atoms with van der Waals surface area (Å²) in [5.74, 6) is 6.03. The smallest absolute Gasteiger partial charge is 0.142 e. The van der Waals surface area contributed by atoms with Crippen molar-refractivity contribution in [3.63, 3.8) is 0 Å². The molecule has 2 aromatic rings. The lowest BCUT2D eigenvalue weighted by atomic mass is 10.1. The average Bonchev–Trinajstić information content (AvgIpc) is 2.82. The summed E-state index contributed by atoms with van der Waals surface area (Å²) < 4.78 is 0. The van der Waals surface area contributed by atoms with E-state index in [-0.39, 0.29) is 0 Å². The van der Waals surface area contributed by atoms with Gasteiger partial charge in [-0.1, -0.05) is 12.1 Å². The fourth-order valence-corrected chi connectivity index (χ4v) is 1.63. The molecule has 4 N–H and O–H groups in total. The van der Waals surface area contributed by atoms with Gasteiger partial charge in [0.05, 0.1) is 19.0 Å². The van der Waals surface area contributed by atoms with Gasteiger partial charge in [0, 0.05) is 17.3 Å². The molecule has 0 saturated carbocycles. The molecule has 0 aliphatic heterocycles. The van der Waals surface area contributed by atoms with Gasteiger partial charge in [-0.05, 0) is 17.5 Å². The molecule has 0 radical (unpaired) electrons. The van der Waals surface area contributed by atoms with Crippen LogP contribution in [0.4, 0.5) is 0 Å². The molecule has 0 fully saturated rings. The van der Waals surface area contributed by atoms with E-state index in [2.05, 4.69) is 15.4 Å². The summed E-state index contributed by atoms with van der Waals surface area (Å²) in [6.45, 7) is 0.443. The highest BCUT2D eigenvalue weighted by Gasteiger charge is 2.03. The standard InChI is InChI=1S/C12H13N5/c13-5-1-6-16-12(17-14)10-3-2-9-4-7-15-11(9)8-10/h2-4,7-8,15H,1,6,14H2,(H,16,17). The van der Waals surface area contributed by atoms with Crippen LogP contribution in [-0.2, 0) is 0 Å². The number of aromatic nitrogens is 1.